The monoisotopic (exact) mass is 228 g/mol. The van der Waals surface area contributed by atoms with Crippen LogP contribution in [0.4, 0.5) is 0 Å². The van der Waals surface area contributed by atoms with Crippen molar-refractivity contribution in [1.82, 2.24) is 10.2 Å². The Labute approximate surface area is 98.2 Å². The number of nitrogens with zero attached hydrogens (tertiary/aromatic N) is 1. The lowest BCUT2D eigenvalue weighted by Crippen LogP contribution is -2.43. The Kier molecular flexibility index (Phi) is 4.79. The minimum atomic E-state index is 0.837. The van der Waals surface area contributed by atoms with Crippen molar-refractivity contribution in [3.05, 3.63) is 0 Å². The van der Waals surface area contributed by atoms with Crippen LogP contribution in [0.25, 0.3) is 0 Å². The second kappa shape index (κ2) is 6.12. The van der Waals surface area contributed by atoms with Crippen LogP contribution < -0.4 is 5.32 Å². The van der Waals surface area contributed by atoms with Crippen LogP contribution >= 0.6 is 11.8 Å². The molecule has 2 atom stereocenters. The molecule has 2 aliphatic rings. The van der Waals surface area contributed by atoms with Crippen molar-refractivity contribution in [3.63, 3.8) is 0 Å². The zero-order valence-corrected chi connectivity index (χ0v) is 10.7. The molecule has 1 N–H and O–H groups in total. The summed E-state index contributed by atoms with van der Waals surface area (Å²) in [5.41, 5.74) is 0. The van der Waals surface area contributed by atoms with Gasteiger partial charge in [0.25, 0.3) is 0 Å². The van der Waals surface area contributed by atoms with Gasteiger partial charge in [-0.05, 0) is 58.0 Å². The van der Waals surface area contributed by atoms with E-state index in [1.165, 1.54) is 56.7 Å². The lowest BCUT2D eigenvalue weighted by Gasteiger charge is -2.36. The highest BCUT2D eigenvalue weighted by molar-refractivity contribution is 7.99. The van der Waals surface area contributed by atoms with Gasteiger partial charge in [-0.3, -0.25) is 4.90 Å². The number of hydrogen-bond donors (Lipinski definition) is 1. The molecule has 88 valence electrons. The van der Waals surface area contributed by atoms with Crippen LogP contribution in [-0.4, -0.2) is 48.6 Å². The maximum Gasteiger partial charge on any atom is 0.0186 e. The van der Waals surface area contributed by atoms with Crippen molar-refractivity contribution in [2.24, 2.45) is 0 Å². The fourth-order valence-electron chi connectivity index (χ4n) is 2.75. The molecular weight excluding hydrogens is 204 g/mol. The van der Waals surface area contributed by atoms with E-state index in [4.69, 9.17) is 0 Å². The van der Waals surface area contributed by atoms with Gasteiger partial charge in [0.15, 0.2) is 0 Å². The molecule has 0 amide bonds. The Balaban J connectivity index is 1.83. The fourth-order valence-corrected chi connectivity index (χ4v) is 3.96. The first kappa shape index (κ1) is 11.7. The van der Waals surface area contributed by atoms with E-state index in [1.54, 1.807) is 0 Å². The molecule has 3 heteroatoms. The smallest absolute Gasteiger partial charge is 0.0186 e. The largest absolute Gasteiger partial charge is 0.317 e. The van der Waals surface area contributed by atoms with Gasteiger partial charge in [-0.2, -0.15) is 11.8 Å². The Bertz CT molecular complexity index is 172. The minimum Gasteiger partial charge on any atom is -0.317 e. The molecule has 0 bridgehead atoms. The number of thioether (sulfide) groups is 1. The first-order valence-corrected chi connectivity index (χ1v) is 7.54. The molecule has 2 heterocycles. The molecule has 0 aromatic heterocycles. The molecule has 2 saturated heterocycles. The molecule has 2 rings (SSSR count). The number of nitrogens with one attached hydrogen (secondary N) is 1. The predicted molar refractivity (Wildman–Crippen MR) is 68.6 cm³/mol. The quantitative estimate of drug-likeness (QED) is 0.778. The van der Waals surface area contributed by atoms with Crippen LogP contribution in [-0.2, 0) is 0 Å². The third kappa shape index (κ3) is 3.36. The summed E-state index contributed by atoms with van der Waals surface area (Å²) in [4.78, 5) is 2.68. The SMILES string of the molecule is CN(C1CCCNCC1)C1CCCSC1. The van der Waals surface area contributed by atoms with Crippen LogP contribution in [0.1, 0.15) is 32.1 Å². The van der Waals surface area contributed by atoms with E-state index in [0.29, 0.717) is 0 Å². The van der Waals surface area contributed by atoms with E-state index in [-0.39, 0.29) is 0 Å². The maximum absolute atomic E-state index is 3.50. The molecule has 0 aromatic rings. The third-order valence-electron chi connectivity index (χ3n) is 3.83. The van der Waals surface area contributed by atoms with Crippen molar-refractivity contribution in [1.29, 1.82) is 0 Å². The third-order valence-corrected chi connectivity index (χ3v) is 5.03. The summed E-state index contributed by atoms with van der Waals surface area (Å²) in [7, 11) is 2.35. The number of hydrogen-bond acceptors (Lipinski definition) is 3. The van der Waals surface area contributed by atoms with E-state index < -0.39 is 0 Å². The summed E-state index contributed by atoms with van der Waals surface area (Å²) >= 11 is 2.14. The van der Waals surface area contributed by atoms with Gasteiger partial charge in [0.05, 0.1) is 0 Å². The van der Waals surface area contributed by atoms with Crippen LogP contribution in [0.5, 0.6) is 0 Å². The summed E-state index contributed by atoms with van der Waals surface area (Å²) in [6, 6.07) is 1.69. The summed E-state index contributed by atoms with van der Waals surface area (Å²) < 4.78 is 0. The molecule has 15 heavy (non-hydrogen) atoms. The van der Waals surface area contributed by atoms with Gasteiger partial charge in [-0.25, -0.2) is 0 Å². The van der Waals surface area contributed by atoms with Crippen LogP contribution in [0.2, 0.25) is 0 Å². The minimum absolute atomic E-state index is 0.837. The van der Waals surface area contributed by atoms with Gasteiger partial charge in [0.2, 0.25) is 0 Å². The van der Waals surface area contributed by atoms with Crippen molar-refractivity contribution < 1.29 is 0 Å². The number of rotatable bonds is 2. The molecule has 2 unspecified atom stereocenters. The summed E-state index contributed by atoms with van der Waals surface area (Å²) in [6.07, 6.45) is 6.94. The lowest BCUT2D eigenvalue weighted by molar-refractivity contribution is 0.163. The van der Waals surface area contributed by atoms with Gasteiger partial charge in [-0.1, -0.05) is 0 Å². The Morgan fingerprint density at radius 3 is 2.73 bits per heavy atom. The fraction of sp³-hybridized carbons (Fsp3) is 1.00. The van der Waals surface area contributed by atoms with E-state index in [9.17, 15) is 0 Å². The van der Waals surface area contributed by atoms with Gasteiger partial charge in [0, 0.05) is 17.8 Å². The molecule has 2 fully saturated rings. The topological polar surface area (TPSA) is 15.3 Å². The Morgan fingerprint density at radius 2 is 1.93 bits per heavy atom. The summed E-state index contributed by atoms with van der Waals surface area (Å²) in [6.45, 7) is 2.44. The van der Waals surface area contributed by atoms with Crippen LogP contribution in [0.3, 0.4) is 0 Å². The second-order valence-corrected chi connectivity index (χ2v) is 6.02. The van der Waals surface area contributed by atoms with Crippen molar-refractivity contribution in [2.75, 3.05) is 31.6 Å². The van der Waals surface area contributed by atoms with Gasteiger partial charge in [-0.15, -0.1) is 0 Å². The molecule has 2 nitrogen and oxygen atoms in total. The average molecular weight is 228 g/mol. The Hall–Kier alpha value is 0.270. The van der Waals surface area contributed by atoms with Crippen molar-refractivity contribution >= 4 is 11.8 Å². The standard InChI is InChI=1S/C12H24N2S/c1-14(12-5-3-9-15-10-12)11-4-2-7-13-8-6-11/h11-13H,2-10H2,1H3. The highest BCUT2D eigenvalue weighted by Gasteiger charge is 2.24. The van der Waals surface area contributed by atoms with Crippen molar-refractivity contribution in [2.45, 2.75) is 44.2 Å². The Morgan fingerprint density at radius 1 is 1.07 bits per heavy atom. The van der Waals surface area contributed by atoms with E-state index in [2.05, 4.69) is 29.0 Å². The normalized spacial score (nSPS) is 34.0. The van der Waals surface area contributed by atoms with Crippen LogP contribution in [0.15, 0.2) is 0 Å². The van der Waals surface area contributed by atoms with Gasteiger partial charge >= 0.3 is 0 Å². The van der Waals surface area contributed by atoms with Gasteiger partial charge < -0.3 is 5.32 Å². The summed E-state index contributed by atoms with van der Waals surface area (Å²) in [5, 5.41) is 3.50. The zero-order chi connectivity index (χ0) is 10.5. The predicted octanol–water partition coefficient (Wildman–Crippen LogP) is 1.96. The zero-order valence-electron chi connectivity index (χ0n) is 9.87. The van der Waals surface area contributed by atoms with Gasteiger partial charge in [0.1, 0.15) is 0 Å². The van der Waals surface area contributed by atoms with E-state index in [1.807, 2.05) is 0 Å². The highest BCUT2D eigenvalue weighted by Crippen LogP contribution is 2.24. The second-order valence-electron chi connectivity index (χ2n) is 4.87. The highest BCUT2D eigenvalue weighted by atomic mass is 32.2. The first-order chi connectivity index (χ1) is 7.38. The first-order valence-electron chi connectivity index (χ1n) is 6.38. The van der Waals surface area contributed by atoms with Crippen molar-refractivity contribution in [3.8, 4) is 0 Å². The van der Waals surface area contributed by atoms with E-state index in [0.717, 1.165) is 12.1 Å². The van der Waals surface area contributed by atoms with E-state index >= 15 is 0 Å². The lowest BCUT2D eigenvalue weighted by atomic mass is 10.0. The molecule has 0 aliphatic carbocycles. The molecule has 2 aliphatic heterocycles. The molecule has 0 radical (unpaired) electrons. The van der Waals surface area contributed by atoms with Crippen LogP contribution in [0, 0.1) is 0 Å². The molecule has 0 aromatic carbocycles. The molecule has 0 saturated carbocycles. The molecule has 0 spiro atoms. The maximum atomic E-state index is 3.50. The summed E-state index contributed by atoms with van der Waals surface area (Å²) in [5.74, 6) is 2.75. The average Bonchev–Trinajstić information content (AvgIpc) is 2.58. The molecular formula is C12H24N2S.